The van der Waals surface area contributed by atoms with E-state index in [0.717, 1.165) is 23.7 Å². The van der Waals surface area contributed by atoms with Gasteiger partial charge in [0.25, 0.3) is 5.91 Å². The van der Waals surface area contributed by atoms with Crippen molar-refractivity contribution < 1.29 is 14.3 Å². The van der Waals surface area contributed by atoms with Crippen LogP contribution in [0.25, 0.3) is 10.9 Å². The van der Waals surface area contributed by atoms with E-state index in [4.69, 9.17) is 4.74 Å². The molecular formula is C20H26N2O3. The second-order valence-electron chi connectivity index (χ2n) is 7.28. The van der Waals surface area contributed by atoms with Crippen molar-refractivity contribution in [3.05, 3.63) is 36.0 Å². The maximum atomic E-state index is 12.8. The van der Waals surface area contributed by atoms with E-state index in [1.54, 1.807) is 0 Å². The van der Waals surface area contributed by atoms with Crippen LogP contribution in [-0.2, 0) is 9.53 Å². The number of hydrogen-bond acceptors (Lipinski definition) is 3. The van der Waals surface area contributed by atoms with Gasteiger partial charge in [0.15, 0.2) is 0 Å². The molecule has 0 bridgehead atoms. The summed E-state index contributed by atoms with van der Waals surface area (Å²) in [6.07, 6.45) is 1.63. The number of hydrogen-bond donors (Lipinski definition) is 1. The SMILES string of the molecule is CCOC(=O)C(C)(C)C1CCN(C(=O)c2cc3ccccc3[nH]2)CC1. The normalized spacial score (nSPS) is 16.2. The highest BCUT2D eigenvalue weighted by atomic mass is 16.5. The highest BCUT2D eigenvalue weighted by Gasteiger charge is 2.40. The van der Waals surface area contributed by atoms with Crippen molar-refractivity contribution in [1.82, 2.24) is 9.88 Å². The standard InChI is InChI=1S/C20H26N2O3/c1-4-25-19(24)20(2,3)15-9-11-22(12-10-15)18(23)17-13-14-7-5-6-8-16(14)21-17/h5-8,13,15,21H,4,9-12H2,1-3H3. The third-order valence-electron chi connectivity index (χ3n) is 5.36. The number of amides is 1. The van der Waals surface area contributed by atoms with Gasteiger partial charge in [-0.15, -0.1) is 0 Å². The molecule has 5 nitrogen and oxygen atoms in total. The van der Waals surface area contributed by atoms with Crippen molar-refractivity contribution >= 4 is 22.8 Å². The molecule has 0 atom stereocenters. The zero-order valence-corrected chi connectivity index (χ0v) is 15.2. The average Bonchev–Trinajstić information content (AvgIpc) is 3.05. The number of aromatic amines is 1. The molecule has 0 saturated carbocycles. The number of rotatable bonds is 4. The van der Waals surface area contributed by atoms with Crippen LogP contribution in [0.2, 0.25) is 0 Å². The van der Waals surface area contributed by atoms with Crippen LogP contribution in [0.4, 0.5) is 0 Å². The van der Waals surface area contributed by atoms with E-state index in [1.807, 2.05) is 56.0 Å². The van der Waals surface area contributed by atoms with Crippen molar-refractivity contribution in [3.8, 4) is 0 Å². The smallest absolute Gasteiger partial charge is 0.311 e. The Balaban J connectivity index is 1.65. The number of likely N-dealkylation sites (tertiary alicyclic amines) is 1. The fraction of sp³-hybridized carbons (Fsp3) is 0.500. The lowest BCUT2D eigenvalue weighted by atomic mass is 9.73. The van der Waals surface area contributed by atoms with Crippen LogP contribution in [0.15, 0.2) is 30.3 Å². The topological polar surface area (TPSA) is 62.4 Å². The zero-order chi connectivity index (χ0) is 18.0. The molecule has 1 aliphatic rings. The zero-order valence-electron chi connectivity index (χ0n) is 15.2. The van der Waals surface area contributed by atoms with Crippen molar-refractivity contribution in [2.75, 3.05) is 19.7 Å². The highest BCUT2D eigenvalue weighted by Crippen LogP contribution is 2.36. The molecule has 1 aromatic heterocycles. The molecule has 1 aromatic carbocycles. The van der Waals surface area contributed by atoms with Crippen molar-refractivity contribution in [2.24, 2.45) is 11.3 Å². The minimum Gasteiger partial charge on any atom is -0.466 e. The van der Waals surface area contributed by atoms with Crippen LogP contribution in [0, 0.1) is 11.3 Å². The first kappa shape index (κ1) is 17.5. The minimum absolute atomic E-state index is 0.0311. The summed E-state index contributed by atoms with van der Waals surface area (Å²) < 4.78 is 5.21. The molecular weight excluding hydrogens is 316 g/mol. The van der Waals surface area contributed by atoms with E-state index in [1.165, 1.54) is 0 Å². The number of nitrogens with zero attached hydrogens (tertiary/aromatic N) is 1. The first-order valence-electron chi connectivity index (χ1n) is 8.97. The maximum absolute atomic E-state index is 12.8. The minimum atomic E-state index is -0.508. The van der Waals surface area contributed by atoms with Gasteiger partial charge in [-0.3, -0.25) is 9.59 Å². The number of fused-ring (bicyclic) bond motifs is 1. The van der Waals surface area contributed by atoms with Gasteiger partial charge < -0.3 is 14.6 Å². The van der Waals surface area contributed by atoms with Gasteiger partial charge in [0, 0.05) is 24.0 Å². The molecule has 1 aliphatic heterocycles. The van der Waals surface area contributed by atoms with Gasteiger partial charge in [-0.25, -0.2) is 0 Å². The molecule has 5 heteroatoms. The summed E-state index contributed by atoms with van der Waals surface area (Å²) in [5.74, 6) is 0.122. The van der Waals surface area contributed by atoms with Crippen molar-refractivity contribution in [1.29, 1.82) is 0 Å². The Hall–Kier alpha value is -2.30. The molecule has 25 heavy (non-hydrogen) atoms. The third-order valence-corrected chi connectivity index (χ3v) is 5.36. The largest absolute Gasteiger partial charge is 0.466 e. The number of para-hydroxylation sites is 1. The van der Waals surface area contributed by atoms with Crippen LogP contribution in [0.5, 0.6) is 0 Å². The van der Waals surface area contributed by atoms with Crippen LogP contribution < -0.4 is 0 Å². The van der Waals surface area contributed by atoms with Gasteiger partial charge in [-0.1, -0.05) is 18.2 Å². The highest BCUT2D eigenvalue weighted by molar-refractivity contribution is 5.98. The Morgan fingerprint density at radius 2 is 1.92 bits per heavy atom. The number of aromatic nitrogens is 1. The molecule has 2 aromatic rings. The molecule has 134 valence electrons. The van der Waals surface area contributed by atoms with E-state index >= 15 is 0 Å². The Bertz CT molecular complexity index is 737. The second kappa shape index (κ2) is 6.90. The summed E-state index contributed by atoms with van der Waals surface area (Å²) in [6, 6.07) is 9.80. The number of esters is 1. The van der Waals surface area contributed by atoms with Crippen LogP contribution in [0.3, 0.4) is 0 Å². The summed E-state index contributed by atoms with van der Waals surface area (Å²) >= 11 is 0. The molecule has 0 aliphatic carbocycles. The number of benzene rings is 1. The third kappa shape index (κ3) is 3.41. The van der Waals surface area contributed by atoms with E-state index < -0.39 is 5.41 Å². The summed E-state index contributed by atoms with van der Waals surface area (Å²) in [5, 5.41) is 1.05. The fourth-order valence-corrected chi connectivity index (χ4v) is 3.65. The molecule has 1 saturated heterocycles. The van der Waals surface area contributed by atoms with Crippen LogP contribution in [-0.4, -0.2) is 41.5 Å². The quantitative estimate of drug-likeness (QED) is 0.864. The van der Waals surface area contributed by atoms with E-state index in [-0.39, 0.29) is 17.8 Å². The lowest BCUT2D eigenvalue weighted by Crippen LogP contribution is -2.44. The van der Waals surface area contributed by atoms with Gasteiger partial charge in [0.2, 0.25) is 0 Å². The van der Waals surface area contributed by atoms with Gasteiger partial charge >= 0.3 is 5.97 Å². The number of carbonyl (C=O) groups is 2. The number of ether oxygens (including phenoxy) is 1. The lowest BCUT2D eigenvalue weighted by Gasteiger charge is -2.39. The van der Waals surface area contributed by atoms with Gasteiger partial charge in [0.1, 0.15) is 5.69 Å². The molecule has 3 rings (SSSR count). The molecule has 0 unspecified atom stereocenters. The number of carbonyl (C=O) groups excluding carboxylic acids is 2. The van der Waals surface area contributed by atoms with Crippen LogP contribution >= 0.6 is 0 Å². The second-order valence-corrected chi connectivity index (χ2v) is 7.28. The van der Waals surface area contributed by atoms with E-state index in [2.05, 4.69) is 4.98 Å². The summed E-state index contributed by atoms with van der Waals surface area (Å²) in [4.78, 5) is 30.0. The molecule has 1 fully saturated rings. The van der Waals surface area contributed by atoms with Gasteiger partial charge in [-0.05, 0) is 51.7 Å². The molecule has 0 radical (unpaired) electrons. The Labute approximate surface area is 148 Å². The van der Waals surface area contributed by atoms with E-state index in [9.17, 15) is 9.59 Å². The number of H-pyrrole nitrogens is 1. The monoisotopic (exact) mass is 342 g/mol. The Morgan fingerprint density at radius 3 is 2.56 bits per heavy atom. The molecule has 2 heterocycles. The Kier molecular flexibility index (Phi) is 4.84. The lowest BCUT2D eigenvalue weighted by molar-refractivity contribution is -0.157. The predicted octanol–water partition coefficient (Wildman–Crippen LogP) is 3.61. The first-order chi connectivity index (χ1) is 11.9. The number of piperidine rings is 1. The maximum Gasteiger partial charge on any atom is 0.311 e. The van der Waals surface area contributed by atoms with E-state index in [0.29, 0.717) is 25.4 Å². The van der Waals surface area contributed by atoms with Gasteiger partial charge in [-0.2, -0.15) is 0 Å². The molecule has 1 N–H and O–H groups in total. The first-order valence-corrected chi connectivity index (χ1v) is 8.97. The molecule has 1 amide bonds. The van der Waals surface area contributed by atoms with Crippen molar-refractivity contribution in [3.63, 3.8) is 0 Å². The summed E-state index contributed by atoms with van der Waals surface area (Å²) in [5.41, 5.74) is 1.10. The average molecular weight is 342 g/mol. The van der Waals surface area contributed by atoms with Crippen molar-refractivity contribution in [2.45, 2.75) is 33.6 Å². The summed E-state index contributed by atoms with van der Waals surface area (Å²) in [6.45, 7) is 7.47. The van der Waals surface area contributed by atoms with Gasteiger partial charge in [0.05, 0.1) is 12.0 Å². The Morgan fingerprint density at radius 1 is 1.24 bits per heavy atom. The summed E-state index contributed by atoms with van der Waals surface area (Å²) in [7, 11) is 0. The molecule has 0 spiro atoms. The number of nitrogens with one attached hydrogen (secondary N) is 1. The van der Waals surface area contributed by atoms with Crippen LogP contribution in [0.1, 0.15) is 44.1 Å². The predicted molar refractivity (Wildman–Crippen MR) is 97.3 cm³/mol. The fourth-order valence-electron chi connectivity index (χ4n) is 3.65.